The minimum Gasteiger partial charge on any atom is -0.457 e. The van der Waals surface area contributed by atoms with Crippen molar-refractivity contribution in [3.63, 3.8) is 0 Å². The molecule has 0 saturated carbocycles. The molecule has 8 aromatic rings. The van der Waals surface area contributed by atoms with E-state index in [1.54, 1.807) is 0 Å². The predicted molar refractivity (Wildman–Crippen MR) is 251 cm³/mol. The smallest absolute Gasteiger partial charge is 0.357 e. The summed E-state index contributed by atoms with van der Waals surface area (Å²) in [5.41, 5.74) is 10.4. The molecule has 0 aliphatic heterocycles. The quantitative estimate of drug-likeness (QED) is 0.0897. The minimum atomic E-state index is -0.361. The van der Waals surface area contributed by atoms with Gasteiger partial charge in [-0.1, -0.05) is 70.8 Å². The third-order valence-corrected chi connectivity index (χ3v) is 18.4. The third kappa shape index (κ3) is 10.1. The molecule has 0 bridgehead atoms. The van der Waals surface area contributed by atoms with Crippen molar-refractivity contribution in [3.8, 4) is 23.0 Å². The zero-order valence-electron chi connectivity index (χ0n) is 36.2. The first-order chi connectivity index (χ1) is 29.5. The summed E-state index contributed by atoms with van der Waals surface area (Å²) in [6.45, 7) is 17.6. The molecule has 8 aromatic carbocycles. The maximum atomic E-state index is 6.36. The van der Waals surface area contributed by atoms with Crippen LogP contribution in [-0.2, 0) is 21.8 Å². The first-order valence-electron chi connectivity index (χ1n) is 20.7. The molecule has 61 heavy (non-hydrogen) atoms. The Balaban J connectivity index is 0.911. The maximum absolute atomic E-state index is 6.36. The molecule has 304 valence electrons. The van der Waals surface area contributed by atoms with Crippen LogP contribution in [-0.4, -0.2) is 0 Å². The summed E-state index contributed by atoms with van der Waals surface area (Å²) in [4.78, 5) is 8.03. The first-order valence-corrected chi connectivity index (χ1v) is 25.3. The van der Waals surface area contributed by atoms with Crippen LogP contribution < -0.4 is 30.7 Å². The first kappa shape index (κ1) is 42.5. The SMILES string of the molecule is Cc1ccc([S+](c2ccc(Oc3ccc([I+]c4ccc(Oc5ccc([S+](c6ccc(C)cc6C)c6ccc(C)cc6C)cc5)cc4)cc3)cc2)c2ccc(C)cc2C)c(C)c1. The molecule has 0 heterocycles. The molecular formula is C56H52IO2S2+3. The van der Waals surface area contributed by atoms with Crippen molar-refractivity contribution in [2.75, 3.05) is 0 Å². The van der Waals surface area contributed by atoms with Crippen molar-refractivity contribution < 1.29 is 30.7 Å². The van der Waals surface area contributed by atoms with Crippen LogP contribution in [0.4, 0.5) is 0 Å². The van der Waals surface area contributed by atoms with Crippen LogP contribution in [0, 0.1) is 62.5 Å². The molecular weight excluding hydrogens is 896 g/mol. The molecule has 0 spiro atoms. The number of hydrogen-bond donors (Lipinski definition) is 0. The van der Waals surface area contributed by atoms with Gasteiger partial charge in [0.2, 0.25) is 0 Å². The summed E-state index contributed by atoms with van der Waals surface area (Å²) in [5.74, 6) is 3.36. The van der Waals surface area contributed by atoms with E-state index < -0.39 is 0 Å². The summed E-state index contributed by atoms with van der Waals surface area (Å²) in [5, 5.41) is 0. The number of halogens is 1. The van der Waals surface area contributed by atoms with Crippen LogP contribution in [0.25, 0.3) is 0 Å². The Labute approximate surface area is 379 Å². The monoisotopic (exact) mass is 947 g/mol. The Bertz CT molecular complexity index is 2500. The van der Waals surface area contributed by atoms with E-state index in [2.05, 4.69) is 225 Å². The Morgan fingerprint density at radius 3 is 0.787 bits per heavy atom. The number of hydrogen-bond acceptors (Lipinski definition) is 2. The molecule has 0 atom stereocenters. The van der Waals surface area contributed by atoms with E-state index in [0.717, 1.165) is 23.0 Å². The van der Waals surface area contributed by atoms with Gasteiger partial charge in [-0.05, 0) is 177 Å². The summed E-state index contributed by atoms with van der Waals surface area (Å²) in [6, 6.07) is 61.8. The van der Waals surface area contributed by atoms with Gasteiger partial charge in [0, 0.05) is 22.3 Å². The third-order valence-electron chi connectivity index (χ3n) is 10.6. The summed E-state index contributed by atoms with van der Waals surface area (Å²) in [7, 11) is -0.442. The normalized spacial score (nSPS) is 11.3. The lowest BCUT2D eigenvalue weighted by molar-refractivity contribution is -0.597. The average Bonchev–Trinajstić information content (AvgIpc) is 3.23. The second-order valence-electron chi connectivity index (χ2n) is 15.8. The van der Waals surface area contributed by atoms with Crippen molar-refractivity contribution in [3.05, 3.63) is 222 Å². The lowest BCUT2D eigenvalue weighted by atomic mass is 10.2. The van der Waals surface area contributed by atoms with E-state index in [-0.39, 0.29) is 43.0 Å². The van der Waals surface area contributed by atoms with Gasteiger partial charge in [0.05, 0.1) is 21.8 Å². The summed E-state index contributed by atoms with van der Waals surface area (Å²) >= 11 is -0.361. The van der Waals surface area contributed by atoms with Crippen LogP contribution in [0.2, 0.25) is 0 Å². The molecule has 0 aromatic heterocycles. The molecule has 0 aliphatic carbocycles. The lowest BCUT2D eigenvalue weighted by Gasteiger charge is -2.14. The summed E-state index contributed by atoms with van der Waals surface area (Å²) in [6.07, 6.45) is 0. The van der Waals surface area contributed by atoms with Crippen LogP contribution in [0.15, 0.2) is 199 Å². The van der Waals surface area contributed by atoms with Gasteiger partial charge in [0.1, 0.15) is 23.0 Å². The van der Waals surface area contributed by atoms with E-state index in [1.807, 2.05) is 0 Å². The Morgan fingerprint density at radius 2 is 0.541 bits per heavy atom. The number of rotatable bonds is 12. The van der Waals surface area contributed by atoms with Crippen LogP contribution in [0.3, 0.4) is 0 Å². The maximum Gasteiger partial charge on any atom is 0.357 e. The largest absolute Gasteiger partial charge is 0.457 e. The molecule has 5 heteroatoms. The van der Waals surface area contributed by atoms with Gasteiger partial charge in [-0.25, -0.2) is 0 Å². The zero-order chi connectivity index (χ0) is 42.6. The van der Waals surface area contributed by atoms with Gasteiger partial charge in [-0.2, -0.15) is 0 Å². The molecule has 0 radical (unpaired) electrons. The van der Waals surface area contributed by atoms with Gasteiger partial charge < -0.3 is 9.47 Å². The topological polar surface area (TPSA) is 18.5 Å². The molecule has 2 nitrogen and oxygen atoms in total. The Kier molecular flexibility index (Phi) is 13.1. The van der Waals surface area contributed by atoms with Crippen LogP contribution in [0.1, 0.15) is 44.5 Å². The predicted octanol–water partition coefficient (Wildman–Crippen LogP) is 12.1. The van der Waals surface area contributed by atoms with Crippen molar-refractivity contribution in [1.29, 1.82) is 0 Å². The Morgan fingerprint density at radius 1 is 0.295 bits per heavy atom. The number of ether oxygens (including phenoxy) is 2. The number of aryl methyl sites for hydroxylation is 8. The van der Waals surface area contributed by atoms with Crippen molar-refractivity contribution in [2.45, 2.75) is 84.8 Å². The fourth-order valence-electron chi connectivity index (χ4n) is 7.68. The molecule has 0 aliphatic rings. The molecule has 0 N–H and O–H groups in total. The molecule has 0 amide bonds. The molecule has 8 rings (SSSR count). The zero-order valence-corrected chi connectivity index (χ0v) is 40.0. The second-order valence-corrected chi connectivity index (χ2v) is 22.8. The van der Waals surface area contributed by atoms with Gasteiger partial charge in [-0.3, -0.25) is 0 Å². The van der Waals surface area contributed by atoms with Crippen molar-refractivity contribution in [2.24, 2.45) is 0 Å². The fraction of sp³-hybridized carbons (Fsp3) is 0.143. The van der Waals surface area contributed by atoms with E-state index in [4.69, 9.17) is 9.47 Å². The number of benzene rings is 8. The fourth-order valence-corrected chi connectivity index (χ4v) is 14.5. The van der Waals surface area contributed by atoms with Gasteiger partial charge in [-0.15, -0.1) is 0 Å². The van der Waals surface area contributed by atoms with Gasteiger partial charge in [0.15, 0.2) is 36.5 Å². The minimum absolute atomic E-state index is 0.221. The molecule has 0 unspecified atom stereocenters. The van der Waals surface area contributed by atoms with E-state index >= 15 is 0 Å². The highest BCUT2D eigenvalue weighted by molar-refractivity contribution is 7.97. The van der Waals surface area contributed by atoms with E-state index in [1.165, 1.54) is 81.0 Å². The van der Waals surface area contributed by atoms with E-state index in [9.17, 15) is 0 Å². The highest BCUT2D eigenvalue weighted by atomic mass is 127. The lowest BCUT2D eigenvalue weighted by Crippen LogP contribution is -3.61. The van der Waals surface area contributed by atoms with Crippen LogP contribution >= 0.6 is 0 Å². The van der Waals surface area contributed by atoms with Crippen molar-refractivity contribution in [1.82, 2.24) is 0 Å². The second kappa shape index (κ2) is 18.8. The van der Waals surface area contributed by atoms with Gasteiger partial charge >= 0.3 is 21.2 Å². The van der Waals surface area contributed by atoms with Crippen molar-refractivity contribution >= 4 is 21.8 Å². The highest BCUT2D eigenvalue weighted by Crippen LogP contribution is 2.38. The summed E-state index contributed by atoms with van der Waals surface area (Å²) < 4.78 is 15.4. The molecule has 0 saturated heterocycles. The molecule has 0 fully saturated rings. The van der Waals surface area contributed by atoms with E-state index in [0.29, 0.717) is 0 Å². The Hall–Kier alpha value is -5.21. The van der Waals surface area contributed by atoms with Gasteiger partial charge in [0.25, 0.3) is 0 Å². The van der Waals surface area contributed by atoms with Crippen LogP contribution in [0.5, 0.6) is 23.0 Å². The average molecular weight is 948 g/mol. The standard InChI is InChI=1S/C56H52IO2S2/c1-37-9-29-53(41(5)33-37)60(54-30-10-38(2)34-42(54)6)51-25-21-49(22-26-51)58-47-17-13-45(14-18-47)57-46-15-19-48(20-16-46)59-50-23-27-52(28-24-50)61(55-31-11-39(3)35-43(55)7)56-32-12-40(4)36-44(56)8/h9-36H,1-8H3/q+3. The highest BCUT2D eigenvalue weighted by Gasteiger charge is 2.33.